The Kier molecular flexibility index (Phi) is 45.2. The molecule has 1 aliphatic rings. The van der Waals surface area contributed by atoms with E-state index in [0.717, 1.165) is 51.6 Å². The molecule has 0 aromatic rings. The van der Waals surface area contributed by atoms with Gasteiger partial charge in [-0.15, -0.1) is 0 Å². The summed E-state index contributed by atoms with van der Waals surface area (Å²) in [5.41, 5.74) is 0. The summed E-state index contributed by atoms with van der Waals surface area (Å²) in [6.45, 7) is 6.24. The summed E-state index contributed by atoms with van der Waals surface area (Å²) in [6, 6.07) is 0. The monoisotopic (exact) mass is 869 g/mol. The minimum absolute atomic E-state index is 0.0112. The summed E-state index contributed by atoms with van der Waals surface area (Å²) in [7, 11) is 0. The third kappa shape index (κ3) is 43.2. The van der Waals surface area contributed by atoms with E-state index in [1.165, 1.54) is 244 Å². The van der Waals surface area contributed by atoms with Gasteiger partial charge in [-0.1, -0.05) is 211 Å². The second kappa shape index (κ2) is 48.3. The molecule has 0 atom stereocenters. The quantitative estimate of drug-likeness (QED) is 0.0374. The van der Waals surface area contributed by atoms with Crippen molar-refractivity contribution in [2.45, 2.75) is 289 Å². The molecule has 0 saturated carbocycles. The molecule has 1 heterocycles. The van der Waals surface area contributed by atoms with Gasteiger partial charge in [0.1, 0.15) is 0 Å². The van der Waals surface area contributed by atoms with Crippen LogP contribution in [0.2, 0.25) is 0 Å². The average Bonchev–Trinajstić information content (AvgIpc) is 3.72. The number of esters is 1. The normalized spacial score (nSPS) is 13.0. The zero-order chi connectivity index (χ0) is 44.5. The maximum atomic E-state index is 12.1. The van der Waals surface area contributed by atoms with E-state index in [-0.39, 0.29) is 5.97 Å². The van der Waals surface area contributed by atoms with Crippen LogP contribution in [0.15, 0.2) is 29.3 Å². The predicted molar refractivity (Wildman–Crippen MR) is 270 cm³/mol. The fourth-order valence-corrected chi connectivity index (χ4v) is 8.86. The van der Waals surface area contributed by atoms with E-state index in [2.05, 4.69) is 36.1 Å². The van der Waals surface area contributed by atoms with Gasteiger partial charge in [0.05, 0.1) is 19.0 Å². The Labute approximate surface area is 385 Å². The fourth-order valence-electron chi connectivity index (χ4n) is 8.86. The third-order valence-corrected chi connectivity index (χ3v) is 13.0. The van der Waals surface area contributed by atoms with Gasteiger partial charge >= 0.3 is 11.9 Å². The van der Waals surface area contributed by atoms with Crippen LogP contribution in [0, 0.1) is 0 Å². The summed E-state index contributed by atoms with van der Waals surface area (Å²) in [5, 5.41) is 8.68. The van der Waals surface area contributed by atoms with Crippen LogP contribution in [0.3, 0.4) is 0 Å². The fraction of sp³-hybridized carbons (Fsp3) is 0.875. The van der Waals surface area contributed by atoms with Crippen LogP contribution in [0.1, 0.15) is 289 Å². The summed E-state index contributed by atoms with van der Waals surface area (Å²) in [6.07, 6.45) is 64.3. The first-order valence-corrected chi connectivity index (χ1v) is 27.6. The highest BCUT2D eigenvalue weighted by Gasteiger charge is 2.15. The summed E-state index contributed by atoms with van der Waals surface area (Å²) in [5.74, 6) is 0.727. The number of carboxylic acid groups (broad SMARTS) is 1. The molecule has 0 radical (unpaired) electrons. The topological polar surface area (TPSA) is 79.2 Å². The van der Waals surface area contributed by atoms with Gasteiger partial charge < -0.3 is 14.7 Å². The number of nitrogens with zero attached hydrogens (tertiary/aromatic N) is 2. The largest absolute Gasteiger partial charge is 0.481 e. The third-order valence-electron chi connectivity index (χ3n) is 13.0. The molecular formula is C56H104N2O4. The van der Waals surface area contributed by atoms with Gasteiger partial charge in [-0.3, -0.25) is 14.6 Å². The molecule has 1 rings (SSSR count). The number of carboxylic acids is 1. The number of carbonyl (C=O) groups is 2. The molecule has 0 fully saturated rings. The van der Waals surface area contributed by atoms with Crippen LogP contribution < -0.4 is 0 Å². The minimum Gasteiger partial charge on any atom is -0.481 e. The first kappa shape index (κ1) is 57.9. The number of rotatable bonds is 50. The van der Waals surface area contributed by atoms with Crippen LogP contribution >= 0.6 is 0 Å². The van der Waals surface area contributed by atoms with E-state index in [1.807, 2.05) is 0 Å². The molecule has 0 amide bonds. The Morgan fingerprint density at radius 3 is 1.31 bits per heavy atom. The lowest BCUT2D eigenvalue weighted by Crippen LogP contribution is -2.28. The first-order valence-electron chi connectivity index (χ1n) is 27.6. The highest BCUT2D eigenvalue weighted by Crippen LogP contribution is 2.17. The van der Waals surface area contributed by atoms with Gasteiger partial charge in [-0.25, -0.2) is 0 Å². The molecule has 0 unspecified atom stereocenters. The van der Waals surface area contributed by atoms with Gasteiger partial charge in [0.15, 0.2) is 0 Å². The predicted octanol–water partition coefficient (Wildman–Crippen LogP) is 17.6. The number of ether oxygens (including phenoxy) is 1. The molecular weight excluding hydrogens is 765 g/mol. The number of unbranched alkanes of at least 4 members (excludes halogenated alkanes) is 36. The Hall–Kier alpha value is -2.11. The number of amidine groups is 1. The minimum atomic E-state index is -0.668. The van der Waals surface area contributed by atoms with Crippen molar-refractivity contribution in [1.29, 1.82) is 0 Å². The van der Waals surface area contributed by atoms with Crippen molar-refractivity contribution in [3.05, 3.63) is 24.3 Å². The summed E-state index contributed by atoms with van der Waals surface area (Å²) < 4.78 is 5.49. The van der Waals surface area contributed by atoms with Crippen molar-refractivity contribution in [2.24, 2.45) is 4.99 Å². The second-order valence-corrected chi connectivity index (χ2v) is 19.0. The van der Waals surface area contributed by atoms with Crippen molar-refractivity contribution in [3.8, 4) is 0 Å². The molecule has 0 bridgehead atoms. The lowest BCUT2D eigenvalue weighted by molar-refractivity contribution is -0.144. The number of aliphatic imine (C=N–C) groups is 1. The molecule has 0 aliphatic carbocycles. The van der Waals surface area contributed by atoms with Gasteiger partial charge in [0.2, 0.25) is 0 Å². The smallest absolute Gasteiger partial charge is 0.305 e. The Bertz CT molecular complexity index is 1050. The zero-order valence-electron chi connectivity index (χ0n) is 41.3. The molecule has 6 heteroatoms. The van der Waals surface area contributed by atoms with Crippen molar-refractivity contribution < 1.29 is 19.4 Å². The van der Waals surface area contributed by atoms with Crippen LogP contribution in [0.5, 0.6) is 0 Å². The van der Waals surface area contributed by atoms with Crippen LogP contribution in [0.25, 0.3) is 0 Å². The Morgan fingerprint density at radius 2 is 0.855 bits per heavy atom. The summed E-state index contributed by atoms with van der Waals surface area (Å²) in [4.78, 5) is 30.0. The average molecular weight is 869 g/mol. The molecule has 6 nitrogen and oxygen atoms in total. The van der Waals surface area contributed by atoms with Crippen LogP contribution in [-0.4, -0.2) is 54.0 Å². The van der Waals surface area contributed by atoms with E-state index in [9.17, 15) is 9.59 Å². The van der Waals surface area contributed by atoms with Crippen LogP contribution in [0.4, 0.5) is 0 Å². The molecule has 62 heavy (non-hydrogen) atoms. The molecule has 1 N–H and O–H groups in total. The van der Waals surface area contributed by atoms with Crippen molar-refractivity contribution in [3.63, 3.8) is 0 Å². The highest BCUT2D eigenvalue weighted by atomic mass is 16.5. The number of hydrogen-bond donors (Lipinski definition) is 1. The molecule has 1 aliphatic heterocycles. The van der Waals surface area contributed by atoms with E-state index < -0.39 is 5.97 Å². The zero-order valence-corrected chi connectivity index (χ0v) is 41.3. The van der Waals surface area contributed by atoms with E-state index in [4.69, 9.17) is 14.8 Å². The van der Waals surface area contributed by atoms with E-state index in [0.29, 0.717) is 19.4 Å². The van der Waals surface area contributed by atoms with Crippen LogP contribution in [-0.2, 0) is 14.3 Å². The highest BCUT2D eigenvalue weighted by molar-refractivity contribution is 5.83. The maximum absolute atomic E-state index is 12.1. The molecule has 0 aromatic heterocycles. The number of hydrogen-bond acceptors (Lipinski definition) is 5. The number of allylic oxidation sites excluding steroid dienone is 4. The first-order chi connectivity index (χ1) is 30.6. The molecule has 362 valence electrons. The van der Waals surface area contributed by atoms with Gasteiger partial charge in [0, 0.05) is 32.4 Å². The van der Waals surface area contributed by atoms with Gasteiger partial charge in [0.25, 0.3) is 0 Å². The maximum Gasteiger partial charge on any atom is 0.305 e. The summed E-state index contributed by atoms with van der Waals surface area (Å²) >= 11 is 0. The number of carbonyl (C=O) groups excluding carboxylic acids is 1. The lowest BCUT2D eigenvalue weighted by atomic mass is 10.0. The Balaban J connectivity index is 1.77. The lowest BCUT2D eigenvalue weighted by Gasteiger charge is -2.20. The SMILES string of the molecule is CCCCCCCCCCCCCCCCCCOC(=O)CCCCCCCC=CCCCCCCCCN1CCN=C1CCCCCCCC=CCCCCCCCC(=O)O. The van der Waals surface area contributed by atoms with Crippen molar-refractivity contribution in [2.75, 3.05) is 26.2 Å². The molecule has 0 saturated heterocycles. The standard InChI is InChI=1S/C56H104N2O4/c1-2-3-4-5-6-7-8-9-10-16-21-26-31-36-41-46-53-62-56(61)49-44-39-34-29-24-19-12-11-15-20-25-30-35-40-45-51-58-52-50-57-54(58)47-42-37-32-27-22-17-13-14-18-23-28-33-38-43-48-55(59)60/h11-14H,2-10,15-53H2,1H3,(H,59,60). The van der Waals surface area contributed by atoms with E-state index in [1.54, 1.807) is 0 Å². The van der Waals surface area contributed by atoms with E-state index >= 15 is 0 Å². The van der Waals surface area contributed by atoms with Crippen molar-refractivity contribution in [1.82, 2.24) is 4.90 Å². The number of aliphatic carboxylic acids is 1. The molecule has 0 spiro atoms. The Morgan fingerprint density at radius 1 is 0.484 bits per heavy atom. The van der Waals surface area contributed by atoms with Crippen molar-refractivity contribution >= 4 is 17.8 Å². The second-order valence-electron chi connectivity index (χ2n) is 19.0. The van der Waals surface area contributed by atoms with Gasteiger partial charge in [-0.05, 0) is 83.5 Å². The van der Waals surface area contributed by atoms with Gasteiger partial charge in [-0.2, -0.15) is 0 Å². The molecule has 0 aromatic carbocycles.